The molecule has 1 aromatic carbocycles. The molecule has 7 heteroatoms. The van der Waals surface area contributed by atoms with E-state index in [-0.39, 0.29) is 25.0 Å². The highest BCUT2D eigenvalue weighted by Crippen LogP contribution is 2.19. The van der Waals surface area contributed by atoms with E-state index in [1.165, 1.54) is 0 Å². The molecule has 0 bridgehead atoms. The number of rotatable bonds is 6. The van der Waals surface area contributed by atoms with Gasteiger partial charge in [0.1, 0.15) is 6.61 Å². The number of para-hydroxylation sites is 1. The normalized spacial score (nSPS) is 18.5. The predicted molar refractivity (Wildman–Crippen MR) is 76.7 cm³/mol. The van der Waals surface area contributed by atoms with E-state index in [1.54, 1.807) is 0 Å². The van der Waals surface area contributed by atoms with Crippen LogP contribution in [0.15, 0.2) is 30.3 Å². The van der Waals surface area contributed by atoms with E-state index in [0.717, 1.165) is 18.7 Å². The Kier molecular flexibility index (Phi) is 5.65. The SMILES string of the molecule is O=C(CCOCC(F)(F)F)NC1CCN(c2ccccc2)C1. The molecule has 0 radical (unpaired) electrons. The van der Waals surface area contributed by atoms with Gasteiger partial charge in [0.25, 0.3) is 0 Å². The Hall–Kier alpha value is -1.76. The van der Waals surface area contributed by atoms with Gasteiger partial charge in [-0.2, -0.15) is 13.2 Å². The van der Waals surface area contributed by atoms with Gasteiger partial charge in [-0.05, 0) is 18.6 Å². The first-order chi connectivity index (χ1) is 10.4. The van der Waals surface area contributed by atoms with Gasteiger partial charge in [0.2, 0.25) is 5.91 Å². The number of halogens is 3. The highest BCUT2D eigenvalue weighted by Gasteiger charge is 2.27. The number of nitrogens with zero attached hydrogens (tertiary/aromatic N) is 1. The van der Waals surface area contributed by atoms with Gasteiger partial charge in [-0.3, -0.25) is 4.79 Å². The van der Waals surface area contributed by atoms with Crippen molar-refractivity contribution >= 4 is 11.6 Å². The van der Waals surface area contributed by atoms with Crippen molar-refractivity contribution in [2.24, 2.45) is 0 Å². The van der Waals surface area contributed by atoms with E-state index in [4.69, 9.17) is 0 Å². The fraction of sp³-hybridized carbons (Fsp3) is 0.533. The lowest BCUT2D eigenvalue weighted by molar-refractivity contribution is -0.174. The summed E-state index contributed by atoms with van der Waals surface area (Å²) in [4.78, 5) is 13.8. The number of ether oxygens (including phenoxy) is 1. The molecule has 1 saturated heterocycles. The largest absolute Gasteiger partial charge is 0.411 e. The fourth-order valence-corrected chi connectivity index (χ4v) is 2.40. The Balaban J connectivity index is 1.66. The second-order valence-corrected chi connectivity index (χ2v) is 5.25. The van der Waals surface area contributed by atoms with Crippen molar-refractivity contribution in [2.45, 2.75) is 25.1 Å². The first-order valence-corrected chi connectivity index (χ1v) is 7.18. The van der Waals surface area contributed by atoms with E-state index in [9.17, 15) is 18.0 Å². The third kappa shape index (κ3) is 5.55. The second kappa shape index (κ2) is 7.49. The topological polar surface area (TPSA) is 41.6 Å². The summed E-state index contributed by atoms with van der Waals surface area (Å²) in [7, 11) is 0. The van der Waals surface area contributed by atoms with Crippen LogP contribution in [0, 0.1) is 0 Å². The number of amides is 1. The molecule has 122 valence electrons. The van der Waals surface area contributed by atoms with Crippen molar-refractivity contribution in [3.05, 3.63) is 30.3 Å². The van der Waals surface area contributed by atoms with Gasteiger partial charge >= 0.3 is 6.18 Å². The molecule has 1 aliphatic heterocycles. The van der Waals surface area contributed by atoms with Crippen molar-refractivity contribution in [3.8, 4) is 0 Å². The maximum absolute atomic E-state index is 11.9. The maximum atomic E-state index is 11.9. The Morgan fingerprint density at radius 3 is 2.73 bits per heavy atom. The molecular weight excluding hydrogens is 297 g/mol. The van der Waals surface area contributed by atoms with Crippen LogP contribution in [-0.2, 0) is 9.53 Å². The molecule has 0 aliphatic carbocycles. The van der Waals surface area contributed by atoms with E-state index in [0.29, 0.717) is 6.54 Å². The summed E-state index contributed by atoms with van der Waals surface area (Å²) in [5.41, 5.74) is 1.10. The van der Waals surface area contributed by atoms with Crippen LogP contribution in [0.2, 0.25) is 0 Å². The highest BCUT2D eigenvalue weighted by atomic mass is 19.4. The summed E-state index contributed by atoms with van der Waals surface area (Å²) in [6.07, 6.45) is -3.58. The minimum absolute atomic E-state index is 0.0234. The molecule has 1 N–H and O–H groups in total. The molecule has 2 rings (SSSR count). The lowest BCUT2D eigenvalue weighted by Gasteiger charge is -2.19. The molecule has 0 aromatic heterocycles. The van der Waals surface area contributed by atoms with Gasteiger partial charge in [-0.25, -0.2) is 0 Å². The van der Waals surface area contributed by atoms with Crippen LogP contribution in [0.25, 0.3) is 0 Å². The number of benzene rings is 1. The quantitative estimate of drug-likeness (QED) is 0.819. The lowest BCUT2D eigenvalue weighted by atomic mass is 10.2. The zero-order valence-electron chi connectivity index (χ0n) is 12.1. The predicted octanol–water partition coefficient (Wildman–Crippen LogP) is 2.35. The average molecular weight is 316 g/mol. The number of nitrogens with one attached hydrogen (secondary N) is 1. The standard InChI is InChI=1S/C15H19F3N2O2/c16-15(17,18)11-22-9-7-14(21)19-12-6-8-20(10-12)13-4-2-1-3-5-13/h1-5,12H,6-11H2,(H,19,21). The van der Waals surface area contributed by atoms with Gasteiger partial charge in [-0.1, -0.05) is 18.2 Å². The summed E-state index contributed by atoms with van der Waals surface area (Å²) in [5.74, 6) is -0.276. The highest BCUT2D eigenvalue weighted by molar-refractivity contribution is 5.76. The third-order valence-electron chi connectivity index (χ3n) is 3.41. The fourth-order valence-electron chi connectivity index (χ4n) is 2.40. The smallest absolute Gasteiger partial charge is 0.372 e. The van der Waals surface area contributed by atoms with Crippen molar-refractivity contribution in [2.75, 3.05) is 31.2 Å². The summed E-state index contributed by atoms with van der Waals surface area (Å²) < 4.78 is 40.1. The Labute approximate surface area is 127 Å². The first kappa shape index (κ1) is 16.6. The number of carbonyl (C=O) groups is 1. The number of carbonyl (C=O) groups excluding carboxylic acids is 1. The molecular formula is C15H19F3N2O2. The molecule has 1 heterocycles. The zero-order chi connectivity index (χ0) is 16.0. The van der Waals surface area contributed by atoms with Crippen molar-refractivity contribution in [1.29, 1.82) is 0 Å². The average Bonchev–Trinajstić information content (AvgIpc) is 2.92. The second-order valence-electron chi connectivity index (χ2n) is 5.25. The molecule has 4 nitrogen and oxygen atoms in total. The van der Waals surface area contributed by atoms with E-state index >= 15 is 0 Å². The monoisotopic (exact) mass is 316 g/mol. The van der Waals surface area contributed by atoms with E-state index in [1.807, 2.05) is 30.3 Å². The molecule has 22 heavy (non-hydrogen) atoms. The van der Waals surface area contributed by atoms with Crippen LogP contribution in [0.1, 0.15) is 12.8 Å². The lowest BCUT2D eigenvalue weighted by Crippen LogP contribution is -2.37. The van der Waals surface area contributed by atoms with Gasteiger partial charge in [-0.15, -0.1) is 0 Å². The molecule has 1 aliphatic rings. The van der Waals surface area contributed by atoms with Crippen LogP contribution in [0.4, 0.5) is 18.9 Å². The number of hydrogen-bond donors (Lipinski definition) is 1. The first-order valence-electron chi connectivity index (χ1n) is 7.18. The number of anilines is 1. The van der Waals surface area contributed by atoms with Crippen LogP contribution in [0.5, 0.6) is 0 Å². The van der Waals surface area contributed by atoms with E-state index in [2.05, 4.69) is 15.0 Å². The van der Waals surface area contributed by atoms with Gasteiger partial charge in [0.15, 0.2) is 0 Å². The van der Waals surface area contributed by atoms with Crippen molar-refractivity contribution in [3.63, 3.8) is 0 Å². The van der Waals surface area contributed by atoms with Crippen molar-refractivity contribution in [1.82, 2.24) is 5.32 Å². The number of hydrogen-bond acceptors (Lipinski definition) is 3. The zero-order valence-corrected chi connectivity index (χ0v) is 12.1. The van der Waals surface area contributed by atoms with Gasteiger partial charge < -0.3 is 15.0 Å². The molecule has 0 spiro atoms. The van der Waals surface area contributed by atoms with Crippen molar-refractivity contribution < 1.29 is 22.7 Å². The Morgan fingerprint density at radius 2 is 2.05 bits per heavy atom. The Morgan fingerprint density at radius 1 is 1.32 bits per heavy atom. The van der Waals surface area contributed by atoms with Crippen LogP contribution < -0.4 is 10.2 Å². The molecule has 1 unspecified atom stereocenters. The van der Waals surface area contributed by atoms with Crippen LogP contribution in [-0.4, -0.2) is 44.4 Å². The third-order valence-corrected chi connectivity index (χ3v) is 3.41. The summed E-state index contributed by atoms with van der Waals surface area (Å²) in [6.45, 7) is 0.0185. The van der Waals surface area contributed by atoms with E-state index < -0.39 is 12.8 Å². The minimum Gasteiger partial charge on any atom is -0.372 e. The summed E-state index contributed by atoms with van der Waals surface area (Å²) in [6, 6.07) is 9.90. The number of alkyl halides is 3. The molecule has 1 aromatic rings. The molecule has 1 atom stereocenters. The minimum atomic E-state index is -4.35. The Bertz CT molecular complexity index is 479. The maximum Gasteiger partial charge on any atom is 0.411 e. The summed E-state index contributed by atoms with van der Waals surface area (Å²) >= 11 is 0. The molecule has 1 amide bonds. The molecule has 0 saturated carbocycles. The van der Waals surface area contributed by atoms with Gasteiger partial charge in [0, 0.05) is 31.2 Å². The van der Waals surface area contributed by atoms with Gasteiger partial charge in [0.05, 0.1) is 6.61 Å². The van der Waals surface area contributed by atoms with Crippen LogP contribution in [0.3, 0.4) is 0 Å². The molecule has 1 fully saturated rings. The summed E-state index contributed by atoms with van der Waals surface area (Å²) in [5, 5.41) is 2.83. The van der Waals surface area contributed by atoms with Crippen LogP contribution >= 0.6 is 0 Å².